The van der Waals surface area contributed by atoms with E-state index in [0.29, 0.717) is 17.1 Å². The summed E-state index contributed by atoms with van der Waals surface area (Å²) < 4.78 is 37.4. The van der Waals surface area contributed by atoms with Crippen LogP contribution < -0.4 is 5.32 Å². The lowest BCUT2D eigenvalue weighted by atomic mass is 10.1. The van der Waals surface area contributed by atoms with Gasteiger partial charge in [-0.15, -0.1) is 10.2 Å². The van der Waals surface area contributed by atoms with E-state index in [4.69, 9.17) is 0 Å². The van der Waals surface area contributed by atoms with Gasteiger partial charge in [-0.2, -0.15) is 13.2 Å². The van der Waals surface area contributed by atoms with Gasteiger partial charge in [0.2, 0.25) is 0 Å². The molecule has 0 bridgehead atoms. The first-order valence-electron chi connectivity index (χ1n) is 6.21. The van der Waals surface area contributed by atoms with E-state index in [9.17, 15) is 13.2 Å². The second kappa shape index (κ2) is 6.32. The number of benzene rings is 1. The van der Waals surface area contributed by atoms with Crippen molar-refractivity contribution in [2.45, 2.75) is 26.1 Å². The molecule has 108 valence electrons. The molecular weight excluding hydrogens is 287 g/mol. The van der Waals surface area contributed by atoms with Gasteiger partial charge < -0.3 is 5.32 Å². The molecule has 0 saturated heterocycles. The molecule has 0 aliphatic heterocycles. The molecule has 0 atom stereocenters. The van der Waals surface area contributed by atoms with Crippen LogP contribution >= 0.6 is 11.3 Å². The SMILES string of the molecule is CCCNCc1nnc(-c2ccc(C(F)(F)F)cc2)s1. The number of rotatable bonds is 5. The smallest absolute Gasteiger partial charge is 0.310 e. The molecule has 0 spiro atoms. The molecule has 0 radical (unpaired) electrons. The van der Waals surface area contributed by atoms with E-state index in [2.05, 4.69) is 22.4 Å². The van der Waals surface area contributed by atoms with Gasteiger partial charge in [-0.25, -0.2) is 0 Å². The minimum absolute atomic E-state index is 0.631. The summed E-state index contributed by atoms with van der Waals surface area (Å²) in [5, 5.41) is 12.7. The van der Waals surface area contributed by atoms with Crippen LogP contribution in [0.25, 0.3) is 10.6 Å². The Bertz CT molecular complexity index is 549. The molecule has 20 heavy (non-hydrogen) atoms. The van der Waals surface area contributed by atoms with Crippen molar-refractivity contribution in [3.8, 4) is 10.6 Å². The van der Waals surface area contributed by atoms with E-state index in [0.717, 1.165) is 30.1 Å². The van der Waals surface area contributed by atoms with E-state index in [1.807, 2.05) is 0 Å². The molecular formula is C13H14F3N3S. The number of halogens is 3. The van der Waals surface area contributed by atoms with E-state index < -0.39 is 11.7 Å². The average molecular weight is 301 g/mol. The second-order valence-electron chi connectivity index (χ2n) is 4.25. The lowest BCUT2D eigenvalue weighted by Crippen LogP contribution is -2.13. The highest BCUT2D eigenvalue weighted by Gasteiger charge is 2.30. The fourth-order valence-electron chi connectivity index (χ4n) is 1.62. The molecule has 3 nitrogen and oxygen atoms in total. The van der Waals surface area contributed by atoms with Crippen LogP contribution in [0.5, 0.6) is 0 Å². The molecule has 0 saturated carbocycles. The normalized spacial score (nSPS) is 11.8. The van der Waals surface area contributed by atoms with Crippen LogP contribution in [-0.4, -0.2) is 16.7 Å². The Morgan fingerprint density at radius 1 is 1.15 bits per heavy atom. The number of aromatic nitrogens is 2. The third kappa shape index (κ3) is 3.77. The van der Waals surface area contributed by atoms with Gasteiger partial charge in [-0.1, -0.05) is 30.4 Å². The fraction of sp³-hybridized carbons (Fsp3) is 0.385. The third-order valence-corrected chi connectivity index (χ3v) is 3.60. The van der Waals surface area contributed by atoms with Crippen LogP contribution in [0, 0.1) is 0 Å². The fourth-order valence-corrected chi connectivity index (χ4v) is 2.43. The Morgan fingerprint density at radius 2 is 1.85 bits per heavy atom. The number of alkyl halides is 3. The van der Waals surface area contributed by atoms with Crippen molar-refractivity contribution in [2.75, 3.05) is 6.54 Å². The van der Waals surface area contributed by atoms with Crippen molar-refractivity contribution < 1.29 is 13.2 Å². The molecule has 0 unspecified atom stereocenters. The van der Waals surface area contributed by atoms with E-state index in [1.165, 1.54) is 23.5 Å². The predicted octanol–water partition coefficient (Wildman–Crippen LogP) is 3.72. The Hall–Kier alpha value is -1.47. The summed E-state index contributed by atoms with van der Waals surface area (Å²) in [7, 11) is 0. The quantitative estimate of drug-likeness (QED) is 0.855. The number of nitrogens with one attached hydrogen (secondary N) is 1. The first-order chi connectivity index (χ1) is 9.50. The highest BCUT2D eigenvalue weighted by molar-refractivity contribution is 7.14. The second-order valence-corrected chi connectivity index (χ2v) is 5.31. The molecule has 1 aromatic heterocycles. The van der Waals surface area contributed by atoms with Gasteiger partial charge in [0.1, 0.15) is 10.0 Å². The Kier molecular flexibility index (Phi) is 4.72. The highest BCUT2D eigenvalue weighted by atomic mass is 32.1. The van der Waals surface area contributed by atoms with Crippen LogP contribution in [0.4, 0.5) is 13.2 Å². The van der Waals surface area contributed by atoms with E-state index >= 15 is 0 Å². The highest BCUT2D eigenvalue weighted by Crippen LogP contribution is 2.31. The third-order valence-electron chi connectivity index (χ3n) is 2.63. The van der Waals surface area contributed by atoms with Crippen LogP contribution in [-0.2, 0) is 12.7 Å². The molecule has 1 heterocycles. The number of hydrogen-bond acceptors (Lipinski definition) is 4. The molecule has 0 aliphatic carbocycles. The summed E-state index contributed by atoms with van der Waals surface area (Å²) in [4.78, 5) is 0. The number of nitrogens with zero attached hydrogens (tertiary/aromatic N) is 2. The molecule has 1 N–H and O–H groups in total. The lowest BCUT2D eigenvalue weighted by Gasteiger charge is -2.06. The largest absolute Gasteiger partial charge is 0.416 e. The molecule has 0 amide bonds. The number of hydrogen-bond donors (Lipinski definition) is 1. The van der Waals surface area contributed by atoms with Crippen LogP contribution in [0.15, 0.2) is 24.3 Å². The van der Waals surface area contributed by atoms with Crippen LogP contribution in [0.1, 0.15) is 23.9 Å². The Morgan fingerprint density at radius 3 is 2.45 bits per heavy atom. The van der Waals surface area contributed by atoms with Gasteiger partial charge in [-0.3, -0.25) is 0 Å². The van der Waals surface area contributed by atoms with E-state index in [1.54, 1.807) is 0 Å². The van der Waals surface area contributed by atoms with Gasteiger partial charge in [0.05, 0.1) is 5.56 Å². The van der Waals surface area contributed by atoms with Crippen molar-refractivity contribution in [3.63, 3.8) is 0 Å². The standard InChI is InChI=1S/C13H14F3N3S/c1-2-7-17-8-11-18-19-12(20-11)9-3-5-10(6-4-9)13(14,15)16/h3-6,17H,2,7-8H2,1H3. The zero-order chi connectivity index (χ0) is 14.6. The summed E-state index contributed by atoms with van der Waals surface area (Å²) >= 11 is 1.38. The molecule has 1 aromatic carbocycles. The maximum Gasteiger partial charge on any atom is 0.416 e. The summed E-state index contributed by atoms with van der Waals surface area (Å²) in [6.07, 6.45) is -3.28. The maximum atomic E-state index is 12.5. The summed E-state index contributed by atoms with van der Waals surface area (Å²) in [5.74, 6) is 0. The minimum atomic E-state index is -4.31. The molecule has 2 aromatic rings. The topological polar surface area (TPSA) is 37.8 Å². The van der Waals surface area contributed by atoms with Gasteiger partial charge in [0.25, 0.3) is 0 Å². The van der Waals surface area contributed by atoms with Crippen molar-refractivity contribution in [3.05, 3.63) is 34.8 Å². The van der Waals surface area contributed by atoms with Crippen LogP contribution in [0.2, 0.25) is 0 Å². The minimum Gasteiger partial charge on any atom is -0.310 e. The summed E-state index contributed by atoms with van der Waals surface area (Å²) in [5.41, 5.74) is -0.00663. The monoisotopic (exact) mass is 301 g/mol. The molecule has 0 aliphatic rings. The maximum absolute atomic E-state index is 12.5. The Balaban J connectivity index is 2.08. The van der Waals surface area contributed by atoms with Crippen molar-refractivity contribution in [1.82, 2.24) is 15.5 Å². The average Bonchev–Trinajstić information content (AvgIpc) is 2.87. The molecule has 7 heteroatoms. The zero-order valence-electron chi connectivity index (χ0n) is 10.9. The van der Waals surface area contributed by atoms with Crippen molar-refractivity contribution in [1.29, 1.82) is 0 Å². The zero-order valence-corrected chi connectivity index (χ0v) is 11.7. The molecule has 0 fully saturated rings. The van der Waals surface area contributed by atoms with Gasteiger partial charge >= 0.3 is 6.18 Å². The summed E-state index contributed by atoms with van der Waals surface area (Å²) in [6.45, 7) is 3.60. The van der Waals surface area contributed by atoms with Gasteiger partial charge in [0.15, 0.2) is 0 Å². The van der Waals surface area contributed by atoms with Crippen molar-refractivity contribution in [2.24, 2.45) is 0 Å². The van der Waals surface area contributed by atoms with Gasteiger partial charge in [0, 0.05) is 12.1 Å². The molecule has 2 rings (SSSR count). The predicted molar refractivity (Wildman–Crippen MR) is 72.3 cm³/mol. The van der Waals surface area contributed by atoms with Crippen LogP contribution in [0.3, 0.4) is 0 Å². The van der Waals surface area contributed by atoms with Gasteiger partial charge in [-0.05, 0) is 25.1 Å². The Labute approximate surface area is 118 Å². The lowest BCUT2D eigenvalue weighted by molar-refractivity contribution is -0.137. The van der Waals surface area contributed by atoms with Crippen molar-refractivity contribution >= 4 is 11.3 Å². The van der Waals surface area contributed by atoms with E-state index in [-0.39, 0.29) is 0 Å². The first kappa shape index (κ1) is 14.9. The summed E-state index contributed by atoms with van der Waals surface area (Å²) in [6, 6.07) is 4.97. The first-order valence-corrected chi connectivity index (χ1v) is 7.03.